The smallest absolute Gasteiger partial charge is 0.223 e. The number of piperazine rings is 1. The monoisotopic (exact) mass is 610 g/mol. The van der Waals surface area contributed by atoms with E-state index in [1.54, 1.807) is 18.2 Å². The third-order valence-corrected chi connectivity index (χ3v) is 8.65. The quantitative estimate of drug-likeness (QED) is 0.157. The van der Waals surface area contributed by atoms with Crippen molar-refractivity contribution in [2.75, 3.05) is 30.4 Å². The number of hydrogen-bond acceptors (Lipinski definition) is 4. The molecule has 0 bridgehead atoms. The Kier molecular flexibility index (Phi) is 8.97. The molecule has 1 unspecified atom stereocenters. The maximum absolute atomic E-state index is 15.0. The van der Waals surface area contributed by atoms with Crippen LogP contribution in [-0.2, 0) is 17.6 Å². The predicted molar refractivity (Wildman–Crippen MR) is 170 cm³/mol. The van der Waals surface area contributed by atoms with Crippen molar-refractivity contribution < 1.29 is 9.18 Å². The Bertz CT molecular complexity index is 1650. The van der Waals surface area contributed by atoms with Gasteiger partial charge in [0.05, 0.1) is 11.2 Å². The van der Waals surface area contributed by atoms with Gasteiger partial charge in [-0.3, -0.25) is 9.36 Å². The molecule has 0 radical (unpaired) electrons. The van der Waals surface area contributed by atoms with Crippen LogP contribution in [0.4, 0.5) is 10.2 Å². The summed E-state index contributed by atoms with van der Waals surface area (Å²) in [5.41, 5.74) is 5.14. The molecule has 1 atom stereocenters. The second kappa shape index (κ2) is 12.5. The number of aryl methyl sites for hydroxylation is 2. The molecule has 1 aromatic heterocycles. The van der Waals surface area contributed by atoms with Gasteiger partial charge in [0, 0.05) is 59.5 Å². The minimum Gasteiger partial charge on any atom is -0.350 e. The fourth-order valence-corrected chi connectivity index (χ4v) is 6.49. The molecule has 1 aliphatic heterocycles. The van der Waals surface area contributed by atoms with Crippen LogP contribution in [0.2, 0.25) is 5.02 Å². The van der Waals surface area contributed by atoms with Gasteiger partial charge in [0.15, 0.2) is 0 Å². The van der Waals surface area contributed by atoms with E-state index in [0.29, 0.717) is 58.7 Å². The molecule has 5 nitrogen and oxygen atoms in total. The van der Waals surface area contributed by atoms with E-state index in [9.17, 15) is 4.79 Å². The lowest BCUT2D eigenvalue weighted by atomic mass is 10.00. The number of carbonyl (C=O) groups is 1. The second-order valence-electron chi connectivity index (χ2n) is 10.3. The number of nitrogens with zero attached hydrogens (tertiary/aromatic N) is 4. The van der Waals surface area contributed by atoms with Crippen LogP contribution in [0.15, 0.2) is 54.6 Å². The molecule has 1 fully saturated rings. The highest BCUT2D eigenvalue weighted by atomic mass is 35.5. The number of para-hydroxylation sites is 1. The van der Waals surface area contributed by atoms with Gasteiger partial charge in [0.25, 0.3) is 0 Å². The van der Waals surface area contributed by atoms with E-state index in [2.05, 4.69) is 43.9 Å². The third kappa shape index (κ3) is 5.60. The molecular formula is C32H33Cl2FN4OS. The second-order valence-corrected chi connectivity index (χ2v) is 11.5. The van der Waals surface area contributed by atoms with Crippen LogP contribution in [0, 0.1) is 10.6 Å². The maximum Gasteiger partial charge on any atom is 0.223 e. The summed E-state index contributed by atoms with van der Waals surface area (Å²) in [5.74, 6) is 0.731. The van der Waals surface area contributed by atoms with Crippen LogP contribution in [0.3, 0.4) is 0 Å². The Morgan fingerprint density at radius 1 is 1.05 bits per heavy atom. The minimum atomic E-state index is -0.345. The first kappa shape index (κ1) is 29.5. The molecule has 5 rings (SSSR count). The summed E-state index contributed by atoms with van der Waals surface area (Å²) >= 11 is 18.8. The van der Waals surface area contributed by atoms with E-state index in [1.807, 2.05) is 21.6 Å². The average Bonchev–Trinajstić information content (AvgIpc) is 2.97. The number of alkyl halides is 1. The fraction of sp³-hybridized carbons (Fsp3) is 0.344. The molecule has 0 N–H and O–H groups in total. The standard InChI is InChI=1S/C32H33Cl2FN4OS/c1-4-21-9-8-10-22(5-2)30(21)39-28-18-24(23-11-6-7-12-27(23)35)26(34)17-25(28)31(36-32(39)41)38-16-15-37(19-20(38)3)29(40)13-14-33/h6-12,17-18,20H,4-5,13-16,19H2,1-3H3. The zero-order valence-electron chi connectivity index (χ0n) is 23.5. The number of anilines is 1. The Hall–Kier alpha value is -3.00. The molecule has 41 heavy (non-hydrogen) atoms. The molecule has 0 saturated carbocycles. The Balaban J connectivity index is 1.77. The van der Waals surface area contributed by atoms with Gasteiger partial charge in [-0.25, -0.2) is 9.37 Å². The van der Waals surface area contributed by atoms with Crippen LogP contribution in [0.1, 0.15) is 38.3 Å². The Morgan fingerprint density at radius 2 is 1.76 bits per heavy atom. The SMILES string of the molecule is CCc1cccc(CC)c1-n1c(=S)nc(N2CCN(C(=O)CCCl)CC2C)c2cc(Cl)c(-c3ccccc3F)cc21. The number of amides is 1. The first-order valence-corrected chi connectivity index (χ1v) is 15.3. The number of hydrogen-bond donors (Lipinski definition) is 0. The summed E-state index contributed by atoms with van der Waals surface area (Å²) in [6.45, 7) is 8.04. The van der Waals surface area contributed by atoms with Gasteiger partial charge in [0.1, 0.15) is 11.6 Å². The highest BCUT2D eigenvalue weighted by Gasteiger charge is 2.30. The Labute approximate surface area is 255 Å². The van der Waals surface area contributed by atoms with Gasteiger partial charge in [-0.2, -0.15) is 0 Å². The van der Waals surface area contributed by atoms with E-state index < -0.39 is 0 Å². The largest absolute Gasteiger partial charge is 0.350 e. The minimum absolute atomic E-state index is 0.0110. The van der Waals surface area contributed by atoms with Gasteiger partial charge >= 0.3 is 0 Å². The van der Waals surface area contributed by atoms with E-state index in [-0.39, 0.29) is 17.8 Å². The van der Waals surface area contributed by atoms with Crippen molar-refractivity contribution in [2.45, 2.75) is 46.1 Å². The number of benzene rings is 3. The van der Waals surface area contributed by atoms with E-state index in [4.69, 9.17) is 40.4 Å². The fourth-order valence-electron chi connectivity index (χ4n) is 5.79. The highest BCUT2D eigenvalue weighted by Crippen LogP contribution is 2.39. The van der Waals surface area contributed by atoms with Crippen molar-refractivity contribution in [1.82, 2.24) is 14.5 Å². The predicted octanol–water partition coefficient (Wildman–Crippen LogP) is 8.01. The van der Waals surface area contributed by atoms with Gasteiger partial charge in [0.2, 0.25) is 10.7 Å². The molecule has 0 aliphatic carbocycles. The average molecular weight is 612 g/mol. The molecule has 214 valence electrons. The number of carbonyl (C=O) groups excluding carboxylic acids is 1. The van der Waals surface area contributed by atoms with Crippen LogP contribution in [-0.4, -0.2) is 51.9 Å². The van der Waals surface area contributed by atoms with E-state index in [0.717, 1.165) is 40.6 Å². The number of rotatable bonds is 7. The number of halogens is 3. The maximum atomic E-state index is 15.0. The lowest BCUT2D eigenvalue weighted by molar-refractivity contribution is -0.131. The van der Waals surface area contributed by atoms with E-state index >= 15 is 4.39 Å². The molecular weight excluding hydrogens is 578 g/mol. The summed E-state index contributed by atoms with van der Waals surface area (Å²) in [4.78, 5) is 21.6. The zero-order chi connectivity index (χ0) is 29.3. The summed E-state index contributed by atoms with van der Waals surface area (Å²) < 4.78 is 17.5. The van der Waals surface area contributed by atoms with Crippen molar-refractivity contribution in [3.05, 3.63) is 81.3 Å². The lowest BCUT2D eigenvalue weighted by Crippen LogP contribution is -2.54. The van der Waals surface area contributed by atoms with Crippen LogP contribution >= 0.6 is 35.4 Å². The first-order valence-electron chi connectivity index (χ1n) is 14.0. The van der Waals surface area contributed by atoms with Gasteiger partial charge < -0.3 is 9.80 Å². The molecule has 9 heteroatoms. The van der Waals surface area contributed by atoms with Crippen LogP contribution in [0.25, 0.3) is 27.7 Å². The van der Waals surface area contributed by atoms with Crippen molar-refractivity contribution in [1.29, 1.82) is 0 Å². The molecule has 1 saturated heterocycles. The van der Waals surface area contributed by atoms with Gasteiger partial charge in [-0.05, 0) is 61.3 Å². The molecule has 1 aliphatic rings. The topological polar surface area (TPSA) is 41.4 Å². The number of fused-ring (bicyclic) bond motifs is 1. The summed E-state index contributed by atoms with van der Waals surface area (Å²) in [5, 5.41) is 1.25. The summed E-state index contributed by atoms with van der Waals surface area (Å²) in [6.07, 6.45) is 1.96. The molecule has 4 aromatic rings. The molecule has 1 amide bonds. The Morgan fingerprint density at radius 3 is 2.39 bits per heavy atom. The van der Waals surface area contributed by atoms with E-state index in [1.165, 1.54) is 6.07 Å². The van der Waals surface area contributed by atoms with Crippen molar-refractivity contribution in [2.24, 2.45) is 0 Å². The molecule has 2 heterocycles. The van der Waals surface area contributed by atoms with Crippen molar-refractivity contribution in [3.8, 4) is 16.8 Å². The summed E-state index contributed by atoms with van der Waals surface area (Å²) in [7, 11) is 0. The van der Waals surface area contributed by atoms with Crippen molar-refractivity contribution >= 4 is 58.0 Å². The van der Waals surface area contributed by atoms with Crippen molar-refractivity contribution in [3.63, 3.8) is 0 Å². The van der Waals surface area contributed by atoms with Crippen LogP contribution < -0.4 is 4.90 Å². The number of aromatic nitrogens is 2. The molecule has 0 spiro atoms. The molecule has 3 aromatic carbocycles. The summed E-state index contributed by atoms with van der Waals surface area (Å²) in [6, 6.07) is 16.8. The lowest BCUT2D eigenvalue weighted by Gasteiger charge is -2.41. The third-order valence-electron chi connectivity index (χ3n) is 7.87. The van der Waals surface area contributed by atoms with Crippen LogP contribution in [0.5, 0.6) is 0 Å². The first-order chi connectivity index (χ1) is 19.8. The normalized spacial score (nSPS) is 15.5. The zero-order valence-corrected chi connectivity index (χ0v) is 25.8. The highest BCUT2D eigenvalue weighted by molar-refractivity contribution is 7.71. The van der Waals surface area contributed by atoms with Gasteiger partial charge in [-0.15, -0.1) is 11.6 Å². The van der Waals surface area contributed by atoms with Gasteiger partial charge in [-0.1, -0.05) is 61.8 Å².